The number of hydrogen-bond acceptors (Lipinski definition) is 7. The molecule has 30 heavy (non-hydrogen) atoms. The van der Waals surface area contributed by atoms with Gasteiger partial charge in [-0.15, -0.1) is 0 Å². The molecule has 1 unspecified atom stereocenters. The molecule has 1 aliphatic rings. The third kappa shape index (κ3) is 3.43. The van der Waals surface area contributed by atoms with Crippen LogP contribution in [0.3, 0.4) is 0 Å². The van der Waals surface area contributed by atoms with Crippen molar-refractivity contribution in [1.29, 1.82) is 0 Å². The average molecular weight is 410 g/mol. The van der Waals surface area contributed by atoms with Crippen molar-refractivity contribution in [2.24, 2.45) is 0 Å². The number of methoxy groups -OCH3 is 2. The first-order valence-electron chi connectivity index (χ1n) is 9.06. The van der Waals surface area contributed by atoms with Crippen LogP contribution in [0.5, 0.6) is 11.5 Å². The first-order chi connectivity index (χ1) is 14.5. The van der Waals surface area contributed by atoms with Crippen LogP contribution in [0, 0.1) is 5.82 Å². The van der Waals surface area contributed by atoms with E-state index in [2.05, 4.69) is 26.2 Å². The van der Waals surface area contributed by atoms with Gasteiger partial charge in [-0.1, -0.05) is 17.2 Å². The number of fused-ring (bicyclic) bond motifs is 1. The van der Waals surface area contributed by atoms with Crippen LogP contribution < -0.4 is 20.1 Å². The highest BCUT2D eigenvalue weighted by Crippen LogP contribution is 2.36. The molecule has 0 aliphatic carbocycles. The zero-order valence-corrected chi connectivity index (χ0v) is 16.5. The average Bonchev–Trinajstić information content (AvgIpc) is 3.21. The molecule has 0 bridgehead atoms. The zero-order valence-electron chi connectivity index (χ0n) is 16.5. The number of amides is 1. The molecule has 4 rings (SSSR count). The molecule has 2 N–H and O–H groups in total. The molecule has 9 nitrogen and oxygen atoms in total. The van der Waals surface area contributed by atoms with Gasteiger partial charge in [0.15, 0.2) is 0 Å². The Hall–Kier alpha value is -3.95. The molecule has 1 aromatic heterocycles. The Kier molecular flexibility index (Phi) is 5.05. The van der Waals surface area contributed by atoms with E-state index >= 15 is 0 Å². The Morgan fingerprint density at radius 2 is 1.93 bits per heavy atom. The number of ether oxygens (including phenoxy) is 2. The molecular formula is C20H19FN6O3. The number of benzene rings is 2. The van der Waals surface area contributed by atoms with Crippen molar-refractivity contribution in [3.05, 3.63) is 65.1 Å². The van der Waals surface area contributed by atoms with Crippen LogP contribution in [0.25, 0.3) is 0 Å². The van der Waals surface area contributed by atoms with Crippen LogP contribution in [0.4, 0.5) is 16.0 Å². The van der Waals surface area contributed by atoms with Gasteiger partial charge < -0.3 is 20.1 Å². The molecule has 0 fully saturated rings. The van der Waals surface area contributed by atoms with Gasteiger partial charge in [0.25, 0.3) is 5.91 Å². The van der Waals surface area contributed by atoms with Crippen LogP contribution in [-0.4, -0.2) is 40.3 Å². The Balaban J connectivity index is 1.74. The minimum atomic E-state index is -0.638. The number of carbonyl (C=O) groups is 1. The number of allylic oxidation sites excluding steroid dienone is 1. The maximum Gasteiger partial charge on any atom is 0.255 e. The van der Waals surface area contributed by atoms with Gasteiger partial charge in [-0.3, -0.25) is 4.79 Å². The topological polar surface area (TPSA) is 103 Å². The Bertz CT molecular complexity index is 1130. The number of nitrogens with one attached hydrogen (secondary N) is 2. The van der Waals surface area contributed by atoms with E-state index in [-0.39, 0.29) is 11.7 Å². The van der Waals surface area contributed by atoms with Crippen molar-refractivity contribution < 1.29 is 18.7 Å². The van der Waals surface area contributed by atoms with Gasteiger partial charge in [-0.25, -0.2) is 4.39 Å². The molecule has 2 heterocycles. The van der Waals surface area contributed by atoms with Gasteiger partial charge in [0.1, 0.15) is 23.4 Å². The molecule has 0 saturated heterocycles. The quantitative estimate of drug-likeness (QED) is 0.667. The van der Waals surface area contributed by atoms with Gasteiger partial charge in [-0.05, 0) is 47.2 Å². The number of carbonyl (C=O) groups excluding carboxylic acids is 1. The van der Waals surface area contributed by atoms with Gasteiger partial charge >= 0.3 is 0 Å². The second kappa shape index (κ2) is 7.82. The zero-order chi connectivity index (χ0) is 21.3. The molecular weight excluding hydrogens is 391 g/mol. The summed E-state index contributed by atoms with van der Waals surface area (Å²) in [5.74, 6) is 0.687. The number of tetrazole rings is 1. The first kappa shape index (κ1) is 19.4. The lowest BCUT2D eigenvalue weighted by molar-refractivity contribution is -0.113. The maximum absolute atomic E-state index is 13.5. The lowest BCUT2D eigenvalue weighted by Crippen LogP contribution is -2.31. The van der Waals surface area contributed by atoms with Crippen molar-refractivity contribution in [2.45, 2.75) is 13.0 Å². The maximum atomic E-state index is 13.5. The van der Waals surface area contributed by atoms with Crippen LogP contribution in [-0.2, 0) is 4.79 Å². The van der Waals surface area contributed by atoms with Crippen LogP contribution in [0.2, 0.25) is 0 Å². The number of rotatable bonds is 5. The Morgan fingerprint density at radius 1 is 1.17 bits per heavy atom. The monoisotopic (exact) mass is 410 g/mol. The summed E-state index contributed by atoms with van der Waals surface area (Å²) in [4.78, 5) is 13.3. The molecule has 3 aromatic rings. The number of hydrogen-bond donors (Lipinski definition) is 2. The van der Waals surface area contributed by atoms with Gasteiger partial charge in [0, 0.05) is 11.8 Å². The summed E-state index contributed by atoms with van der Waals surface area (Å²) >= 11 is 0. The number of aromatic nitrogens is 4. The van der Waals surface area contributed by atoms with E-state index in [1.165, 1.54) is 23.9 Å². The highest BCUT2D eigenvalue weighted by molar-refractivity contribution is 6.06. The van der Waals surface area contributed by atoms with Crippen LogP contribution >= 0.6 is 0 Å². The molecule has 0 spiro atoms. The van der Waals surface area contributed by atoms with Crippen LogP contribution in [0.15, 0.2) is 53.7 Å². The SMILES string of the molecule is COc1ccc(NC(=O)C2=C(C)Nc3nnnn3C2c2ccc(F)cc2)c(OC)c1. The fourth-order valence-corrected chi connectivity index (χ4v) is 3.35. The predicted molar refractivity (Wildman–Crippen MR) is 107 cm³/mol. The van der Waals surface area contributed by atoms with E-state index in [4.69, 9.17) is 9.47 Å². The van der Waals surface area contributed by atoms with E-state index in [1.54, 1.807) is 44.4 Å². The minimum Gasteiger partial charge on any atom is -0.497 e. The molecule has 154 valence electrons. The summed E-state index contributed by atoms with van der Waals surface area (Å²) in [5.41, 5.74) is 2.11. The number of nitrogens with zero attached hydrogens (tertiary/aromatic N) is 4. The second-order valence-corrected chi connectivity index (χ2v) is 6.59. The molecule has 1 amide bonds. The van der Waals surface area contributed by atoms with Gasteiger partial charge in [0.05, 0.1) is 25.5 Å². The van der Waals surface area contributed by atoms with Crippen molar-refractivity contribution in [3.63, 3.8) is 0 Å². The summed E-state index contributed by atoms with van der Waals surface area (Å²) in [6.45, 7) is 1.76. The van der Waals surface area contributed by atoms with E-state index < -0.39 is 6.04 Å². The lowest BCUT2D eigenvalue weighted by Gasteiger charge is -2.28. The summed E-state index contributed by atoms with van der Waals surface area (Å²) in [6, 6.07) is 10.3. The smallest absolute Gasteiger partial charge is 0.255 e. The summed E-state index contributed by atoms with van der Waals surface area (Å²) < 4.78 is 25.5. The normalized spacial score (nSPS) is 15.3. The largest absolute Gasteiger partial charge is 0.497 e. The summed E-state index contributed by atoms with van der Waals surface area (Å²) in [6.07, 6.45) is 0. The number of halogens is 1. The van der Waals surface area contributed by atoms with Crippen molar-refractivity contribution in [3.8, 4) is 11.5 Å². The summed E-state index contributed by atoms with van der Waals surface area (Å²) in [7, 11) is 3.05. The van der Waals surface area contributed by atoms with Crippen molar-refractivity contribution >= 4 is 17.5 Å². The third-order valence-electron chi connectivity index (χ3n) is 4.80. The minimum absolute atomic E-state index is 0.376. The highest BCUT2D eigenvalue weighted by atomic mass is 19.1. The van der Waals surface area contributed by atoms with Crippen molar-refractivity contribution in [1.82, 2.24) is 20.2 Å². The Morgan fingerprint density at radius 3 is 2.63 bits per heavy atom. The second-order valence-electron chi connectivity index (χ2n) is 6.59. The molecule has 0 saturated carbocycles. The van der Waals surface area contributed by atoms with E-state index in [0.717, 1.165) is 0 Å². The first-order valence-corrected chi connectivity index (χ1v) is 9.06. The molecule has 2 aromatic carbocycles. The highest BCUT2D eigenvalue weighted by Gasteiger charge is 2.34. The fourth-order valence-electron chi connectivity index (χ4n) is 3.35. The van der Waals surface area contributed by atoms with E-state index in [9.17, 15) is 9.18 Å². The standard InChI is InChI=1S/C20H19FN6O3/c1-11-17(19(28)23-15-9-8-14(29-2)10-16(15)30-3)18(12-4-6-13(21)7-5-12)27-20(22-11)24-25-26-27/h4-10,18H,1-3H3,(H,23,28)(H,22,24,26). The molecule has 1 atom stereocenters. The fraction of sp³-hybridized carbons (Fsp3) is 0.200. The van der Waals surface area contributed by atoms with Crippen LogP contribution in [0.1, 0.15) is 18.5 Å². The van der Waals surface area contributed by atoms with Gasteiger partial charge in [0.2, 0.25) is 5.95 Å². The summed E-state index contributed by atoms with van der Waals surface area (Å²) in [5, 5.41) is 17.6. The lowest BCUT2D eigenvalue weighted by atomic mass is 9.95. The van der Waals surface area contributed by atoms with Crippen molar-refractivity contribution in [2.75, 3.05) is 24.9 Å². The van der Waals surface area contributed by atoms with Gasteiger partial charge in [-0.2, -0.15) is 4.68 Å². The third-order valence-corrected chi connectivity index (χ3v) is 4.80. The molecule has 0 radical (unpaired) electrons. The van der Waals surface area contributed by atoms with E-state index in [1.807, 2.05) is 0 Å². The molecule has 1 aliphatic heterocycles. The van der Waals surface area contributed by atoms with E-state index in [0.29, 0.717) is 40.0 Å². The number of anilines is 2. The molecule has 10 heteroatoms. The predicted octanol–water partition coefficient (Wildman–Crippen LogP) is 2.76. The Labute approximate surface area is 171 Å².